The molecule has 0 atom stereocenters. The zero-order valence-corrected chi connectivity index (χ0v) is 12.0. The molecule has 0 spiro atoms. The molecule has 0 fully saturated rings. The molecule has 0 saturated heterocycles. The Morgan fingerprint density at radius 2 is 2.22 bits per heavy atom. The van der Waals surface area contributed by atoms with Crippen molar-refractivity contribution in [3.8, 4) is 0 Å². The lowest BCUT2D eigenvalue weighted by Crippen LogP contribution is -2.29. The molecular weight excluding hydrogens is 252 g/mol. The van der Waals surface area contributed by atoms with Crippen LogP contribution in [0, 0.1) is 0 Å². The molecule has 0 aromatic carbocycles. The average molecular weight is 273 g/mol. The molecule has 1 N–H and O–H groups in total. The van der Waals surface area contributed by atoms with Crippen LogP contribution in [-0.4, -0.2) is 37.0 Å². The van der Waals surface area contributed by atoms with Crippen molar-refractivity contribution in [3.05, 3.63) is 23.1 Å². The highest BCUT2D eigenvalue weighted by atomic mass is 35.5. The number of furan rings is 1. The van der Waals surface area contributed by atoms with E-state index in [-0.39, 0.29) is 11.1 Å². The molecule has 1 aromatic rings. The van der Waals surface area contributed by atoms with Gasteiger partial charge in [-0.3, -0.25) is 4.79 Å². The number of amides is 1. The summed E-state index contributed by atoms with van der Waals surface area (Å²) in [5.41, 5.74) is 0.399. The topological polar surface area (TPSA) is 45.5 Å². The molecule has 0 aliphatic heterocycles. The summed E-state index contributed by atoms with van der Waals surface area (Å²) in [4.78, 5) is 14.0. The van der Waals surface area contributed by atoms with Crippen LogP contribution in [0.25, 0.3) is 0 Å². The Morgan fingerprint density at radius 3 is 2.78 bits per heavy atom. The number of carbonyl (C=O) groups is 1. The van der Waals surface area contributed by atoms with Crippen molar-refractivity contribution in [3.63, 3.8) is 0 Å². The van der Waals surface area contributed by atoms with Gasteiger partial charge in [0.05, 0.1) is 11.8 Å². The van der Waals surface area contributed by atoms with E-state index in [1.165, 1.54) is 6.26 Å². The fourth-order valence-corrected chi connectivity index (χ4v) is 1.70. The summed E-state index contributed by atoms with van der Waals surface area (Å²) in [6.45, 7) is 6.04. The van der Waals surface area contributed by atoms with Crippen LogP contribution in [0.5, 0.6) is 0 Å². The molecule has 18 heavy (non-hydrogen) atoms. The van der Waals surface area contributed by atoms with Gasteiger partial charge >= 0.3 is 0 Å². The second-order valence-electron chi connectivity index (χ2n) is 4.65. The van der Waals surface area contributed by atoms with E-state index in [1.54, 1.807) is 6.07 Å². The van der Waals surface area contributed by atoms with Crippen LogP contribution in [0.3, 0.4) is 0 Å². The van der Waals surface area contributed by atoms with Gasteiger partial charge < -0.3 is 14.6 Å². The maximum absolute atomic E-state index is 11.7. The van der Waals surface area contributed by atoms with E-state index in [4.69, 9.17) is 16.0 Å². The third-order valence-electron chi connectivity index (χ3n) is 2.97. The van der Waals surface area contributed by atoms with E-state index >= 15 is 0 Å². The number of halogens is 1. The summed E-state index contributed by atoms with van der Waals surface area (Å²) in [5.74, 6) is -0.175. The number of carbonyl (C=O) groups excluding carboxylic acids is 1. The first-order valence-electron chi connectivity index (χ1n) is 6.23. The minimum absolute atomic E-state index is 0.145. The number of hydrogen-bond acceptors (Lipinski definition) is 3. The molecule has 0 radical (unpaired) electrons. The van der Waals surface area contributed by atoms with Crippen molar-refractivity contribution in [2.45, 2.75) is 32.7 Å². The monoisotopic (exact) mass is 272 g/mol. The lowest BCUT2D eigenvalue weighted by atomic mass is 10.2. The molecule has 1 aromatic heterocycles. The molecule has 0 unspecified atom stereocenters. The predicted molar refractivity (Wildman–Crippen MR) is 73.1 cm³/mol. The first-order chi connectivity index (χ1) is 8.52. The summed E-state index contributed by atoms with van der Waals surface area (Å²) in [6, 6.07) is 2.13. The van der Waals surface area contributed by atoms with Gasteiger partial charge in [-0.1, -0.05) is 0 Å². The normalized spacial score (nSPS) is 11.2. The van der Waals surface area contributed by atoms with Crippen LogP contribution in [-0.2, 0) is 0 Å². The van der Waals surface area contributed by atoms with E-state index in [0.717, 1.165) is 19.4 Å². The Balaban J connectivity index is 2.15. The predicted octanol–water partition coefficient (Wildman–Crippen LogP) is 2.78. The van der Waals surface area contributed by atoms with E-state index in [1.807, 2.05) is 0 Å². The van der Waals surface area contributed by atoms with Gasteiger partial charge in [0.1, 0.15) is 0 Å². The largest absolute Gasteiger partial charge is 0.452 e. The maximum Gasteiger partial charge on any atom is 0.256 e. The number of rotatable bonds is 7. The van der Waals surface area contributed by atoms with Crippen molar-refractivity contribution in [1.29, 1.82) is 0 Å². The van der Waals surface area contributed by atoms with Gasteiger partial charge in [-0.25, -0.2) is 0 Å². The lowest BCUT2D eigenvalue weighted by Gasteiger charge is -2.20. The molecular formula is C13H21ClN2O2. The van der Waals surface area contributed by atoms with Gasteiger partial charge in [-0.05, 0) is 57.9 Å². The Hall–Kier alpha value is -1.00. The average Bonchev–Trinajstić information content (AvgIpc) is 2.74. The van der Waals surface area contributed by atoms with Crippen molar-refractivity contribution in [2.24, 2.45) is 0 Å². The van der Waals surface area contributed by atoms with Crippen molar-refractivity contribution < 1.29 is 9.21 Å². The van der Waals surface area contributed by atoms with Crippen LogP contribution in [0.4, 0.5) is 0 Å². The van der Waals surface area contributed by atoms with E-state index in [2.05, 4.69) is 31.1 Å². The van der Waals surface area contributed by atoms with Crippen LogP contribution in [0.1, 0.15) is 37.0 Å². The van der Waals surface area contributed by atoms with Crippen molar-refractivity contribution >= 4 is 17.5 Å². The molecule has 0 aliphatic rings. The van der Waals surface area contributed by atoms with Gasteiger partial charge in [0.2, 0.25) is 5.22 Å². The third kappa shape index (κ3) is 4.70. The van der Waals surface area contributed by atoms with Gasteiger partial charge in [0, 0.05) is 12.6 Å². The summed E-state index contributed by atoms with van der Waals surface area (Å²) >= 11 is 5.72. The van der Waals surface area contributed by atoms with Crippen LogP contribution >= 0.6 is 11.6 Å². The van der Waals surface area contributed by atoms with Crippen LogP contribution in [0.15, 0.2) is 16.7 Å². The minimum Gasteiger partial charge on any atom is -0.452 e. The Labute approximate surface area is 113 Å². The van der Waals surface area contributed by atoms with Crippen molar-refractivity contribution in [1.82, 2.24) is 10.2 Å². The zero-order chi connectivity index (χ0) is 13.5. The summed E-state index contributed by atoms with van der Waals surface area (Å²) < 4.78 is 4.87. The first kappa shape index (κ1) is 15.1. The molecule has 5 heteroatoms. The standard InChI is InChI=1S/C13H21ClN2O2/c1-10(2)16(3)8-5-4-7-15-13(17)11-6-9-18-12(11)14/h6,9-10H,4-5,7-8H2,1-3H3,(H,15,17). The fourth-order valence-electron chi connectivity index (χ4n) is 1.50. The summed E-state index contributed by atoms with van der Waals surface area (Å²) in [6.07, 6.45) is 3.43. The molecule has 102 valence electrons. The second-order valence-corrected chi connectivity index (χ2v) is 4.99. The Morgan fingerprint density at radius 1 is 1.50 bits per heavy atom. The van der Waals surface area contributed by atoms with E-state index < -0.39 is 0 Å². The summed E-state index contributed by atoms with van der Waals surface area (Å²) in [5, 5.41) is 2.97. The molecule has 1 heterocycles. The Bertz CT molecular complexity index is 377. The van der Waals surface area contributed by atoms with E-state index in [0.29, 0.717) is 18.2 Å². The van der Waals surface area contributed by atoms with Gasteiger partial charge in [0.25, 0.3) is 5.91 Å². The van der Waals surface area contributed by atoms with Gasteiger partial charge in [0.15, 0.2) is 0 Å². The summed E-state index contributed by atoms with van der Waals surface area (Å²) in [7, 11) is 2.11. The highest BCUT2D eigenvalue weighted by Gasteiger charge is 2.11. The number of nitrogens with one attached hydrogen (secondary N) is 1. The molecule has 1 rings (SSSR count). The SMILES string of the molecule is CC(C)N(C)CCCCNC(=O)c1ccoc1Cl. The zero-order valence-electron chi connectivity index (χ0n) is 11.2. The maximum atomic E-state index is 11.7. The quantitative estimate of drug-likeness (QED) is 0.777. The molecule has 4 nitrogen and oxygen atoms in total. The van der Waals surface area contributed by atoms with Gasteiger partial charge in [-0.15, -0.1) is 0 Å². The minimum atomic E-state index is -0.175. The second kappa shape index (κ2) is 7.44. The van der Waals surface area contributed by atoms with E-state index in [9.17, 15) is 4.79 Å². The molecule has 0 saturated carbocycles. The van der Waals surface area contributed by atoms with Gasteiger partial charge in [-0.2, -0.15) is 0 Å². The first-order valence-corrected chi connectivity index (χ1v) is 6.61. The smallest absolute Gasteiger partial charge is 0.256 e. The Kier molecular flexibility index (Phi) is 6.22. The molecule has 1 amide bonds. The molecule has 0 aliphatic carbocycles. The lowest BCUT2D eigenvalue weighted by molar-refractivity contribution is 0.0952. The number of nitrogens with zero attached hydrogens (tertiary/aromatic N) is 1. The fraction of sp³-hybridized carbons (Fsp3) is 0.615. The number of hydrogen-bond donors (Lipinski definition) is 1. The van der Waals surface area contributed by atoms with Crippen LogP contribution in [0.2, 0.25) is 5.22 Å². The molecule has 0 bridgehead atoms. The number of unbranched alkanes of at least 4 members (excludes halogenated alkanes) is 1. The van der Waals surface area contributed by atoms with Crippen LogP contribution < -0.4 is 5.32 Å². The highest BCUT2D eigenvalue weighted by Crippen LogP contribution is 2.15. The van der Waals surface area contributed by atoms with Crippen molar-refractivity contribution in [2.75, 3.05) is 20.1 Å². The third-order valence-corrected chi connectivity index (χ3v) is 3.26. The highest BCUT2D eigenvalue weighted by molar-refractivity contribution is 6.32.